The molecule has 3 heterocycles. The lowest BCUT2D eigenvalue weighted by atomic mass is 9.78. The molecule has 1 saturated carbocycles. The van der Waals surface area contributed by atoms with Crippen molar-refractivity contribution in [3.05, 3.63) is 47.6 Å². The summed E-state index contributed by atoms with van der Waals surface area (Å²) in [6.45, 7) is 26.1. The van der Waals surface area contributed by atoms with E-state index >= 15 is 0 Å². The number of methoxy groups -OCH3 is 3. The van der Waals surface area contributed by atoms with E-state index in [9.17, 15) is 29.1 Å². The van der Waals surface area contributed by atoms with Gasteiger partial charge in [-0.1, -0.05) is 71.1 Å². The van der Waals surface area contributed by atoms with E-state index in [0.29, 0.717) is 44.1 Å². The lowest BCUT2D eigenvalue weighted by Crippen LogP contribution is -2.59. The van der Waals surface area contributed by atoms with Crippen LogP contribution in [0.1, 0.15) is 119 Å². The van der Waals surface area contributed by atoms with E-state index in [0.717, 1.165) is 24.8 Å². The molecule has 0 aromatic carbocycles. The Labute approximate surface area is 434 Å². The Morgan fingerprint density at radius 2 is 1.46 bits per heavy atom. The van der Waals surface area contributed by atoms with E-state index in [1.165, 1.54) is 12.0 Å². The van der Waals surface area contributed by atoms with Gasteiger partial charge >= 0.3 is 5.97 Å². The van der Waals surface area contributed by atoms with Crippen LogP contribution < -0.4 is 0 Å². The van der Waals surface area contributed by atoms with Crippen molar-refractivity contribution < 1.29 is 61.6 Å². The lowest BCUT2D eigenvalue weighted by molar-refractivity contribution is -0.265. The Bertz CT molecular complexity index is 1970. The number of ether oxygens (including phenoxy) is 5. The number of carbonyl (C=O) groups excluding carboxylic acids is 5. The van der Waals surface area contributed by atoms with Gasteiger partial charge in [-0.2, -0.15) is 0 Å². The second kappa shape index (κ2) is 27.2. The normalized spacial score (nSPS) is 38.0. The van der Waals surface area contributed by atoms with Crippen LogP contribution in [0.3, 0.4) is 0 Å². The van der Waals surface area contributed by atoms with Crippen molar-refractivity contribution in [1.82, 2.24) is 4.90 Å². The Morgan fingerprint density at radius 3 is 2.08 bits per heavy atom. The molecule has 2 bridgehead atoms. The van der Waals surface area contributed by atoms with E-state index < -0.39 is 88.5 Å². The second-order valence-corrected chi connectivity index (χ2v) is 32.6. The summed E-state index contributed by atoms with van der Waals surface area (Å²) in [4.78, 5) is 73.1. The van der Waals surface area contributed by atoms with Crippen molar-refractivity contribution in [3.63, 3.8) is 0 Å². The Balaban J connectivity index is 1.74. The number of hydrogen-bond acceptors (Lipinski definition) is 13. The summed E-state index contributed by atoms with van der Waals surface area (Å²) < 4.78 is 43.7. The van der Waals surface area contributed by atoms with E-state index in [1.54, 1.807) is 28.1 Å². The number of hydrogen-bond donors (Lipinski definition) is 1. The highest BCUT2D eigenvalue weighted by atomic mass is 28.4. The van der Waals surface area contributed by atoms with Crippen molar-refractivity contribution in [2.75, 3.05) is 27.9 Å². The quantitative estimate of drug-likeness (QED) is 0.0950. The summed E-state index contributed by atoms with van der Waals surface area (Å²) in [5.74, 6) is -7.20. The molecule has 3 aliphatic heterocycles. The summed E-state index contributed by atoms with van der Waals surface area (Å²) in [7, 11) is 0.716. The third-order valence-electron chi connectivity index (χ3n) is 15.2. The molecule has 0 unspecified atom stereocenters. The van der Waals surface area contributed by atoms with Gasteiger partial charge < -0.3 is 42.5 Å². The summed E-state index contributed by atoms with van der Waals surface area (Å²) >= 11 is 0. The average molecular weight is 1040 g/mol. The number of cyclic esters (lactones) is 1. The summed E-state index contributed by atoms with van der Waals surface area (Å²) in [5.41, 5.74) is 1.60. The molecule has 0 aromatic rings. The molecule has 72 heavy (non-hydrogen) atoms. The molecule has 408 valence electrons. The first-order chi connectivity index (χ1) is 33.6. The summed E-state index contributed by atoms with van der Waals surface area (Å²) in [5, 5.41) is 12.0. The largest absolute Gasteiger partial charge is 0.460 e. The van der Waals surface area contributed by atoms with Crippen LogP contribution in [0.2, 0.25) is 39.3 Å². The molecule has 15 atom stereocenters. The molecule has 1 amide bonds. The van der Waals surface area contributed by atoms with Gasteiger partial charge in [0, 0.05) is 58.5 Å². The fourth-order valence-electron chi connectivity index (χ4n) is 11.0. The molecule has 1 N–H and O–H groups in total. The highest BCUT2D eigenvalue weighted by Crippen LogP contribution is 2.39. The standard InChI is InChI=1S/C56H93NO13Si2/c1-35-21-18-17-19-22-36(2)47(64-8)33-43-26-24-41(7)56(63,68-43)53(60)54(61)57-28-20-23-44(57)55(62)67-48(38(4)31-42-25-27-46(49(32-42)65-9)69-71(11,12)13)34-45(58)37(3)30-40(6)51(70-72(14,15)16)52(66-10)50(59)39(5)29-35/h17-19,21-22,30,35,37-39,41-44,46-49,51-52,63H,20,23-29,31-34H2,1-16H3/b19-17+,21-18+,36-22+,40-30+/t35-,37-,38+,39-,41-,42+,43+,44+,46-,47+,48+,49-,51-,52+,56-/m1/s1. The zero-order chi connectivity index (χ0) is 53.9. The molecule has 4 rings (SSSR count). The number of ketones is 3. The van der Waals surface area contributed by atoms with Gasteiger partial charge in [-0.15, -0.1) is 0 Å². The first kappa shape index (κ1) is 61.6. The van der Waals surface area contributed by atoms with Gasteiger partial charge in [0.15, 0.2) is 22.4 Å². The topological polar surface area (TPSA) is 173 Å². The molecule has 0 spiro atoms. The van der Waals surface area contributed by atoms with Crippen molar-refractivity contribution in [3.8, 4) is 0 Å². The number of Topliss-reactive ketones (excluding diaryl/α,β-unsaturated/α-hetero) is 3. The monoisotopic (exact) mass is 1040 g/mol. The first-order valence-electron chi connectivity index (χ1n) is 26.8. The number of esters is 1. The van der Waals surface area contributed by atoms with Crippen molar-refractivity contribution in [2.45, 2.75) is 213 Å². The predicted molar refractivity (Wildman–Crippen MR) is 285 cm³/mol. The van der Waals surface area contributed by atoms with Gasteiger partial charge in [-0.25, -0.2) is 4.79 Å². The first-order valence-corrected chi connectivity index (χ1v) is 33.6. The molecule has 3 fully saturated rings. The summed E-state index contributed by atoms with van der Waals surface area (Å²) in [6, 6.07) is -1.10. The van der Waals surface area contributed by atoms with Crippen LogP contribution >= 0.6 is 0 Å². The van der Waals surface area contributed by atoms with Crippen molar-refractivity contribution >= 4 is 45.9 Å². The number of rotatable bonds is 10. The molecule has 14 nitrogen and oxygen atoms in total. The van der Waals surface area contributed by atoms with Crippen LogP contribution in [-0.2, 0) is 56.5 Å². The Morgan fingerprint density at radius 1 is 0.778 bits per heavy atom. The predicted octanol–water partition coefficient (Wildman–Crippen LogP) is 9.51. The third-order valence-corrected chi connectivity index (χ3v) is 17.1. The fraction of sp³-hybridized carbons (Fsp3) is 0.768. The molecule has 0 radical (unpaired) electrons. The van der Waals surface area contributed by atoms with Crippen molar-refractivity contribution in [1.29, 1.82) is 0 Å². The maximum Gasteiger partial charge on any atom is 0.329 e. The molecular formula is C56H93NO13Si2. The number of fused-ring (bicyclic) bond motifs is 3. The molecule has 0 aromatic heterocycles. The van der Waals surface area contributed by atoms with Crippen LogP contribution in [0.15, 0.2) is 47.6 Å². The molecule has 2 saturated heterocycles. The SMILES string of the molecule is CO[C@H]1C[C@@H]2CC[C@@H](C)[C@@](O)(O2)C(=O)C(=O)N2CCC[C@H]2C(=O)O[C@H]([C@@H](C)C[C@@H]2CC[C@@H](O[Si](C)(C)C)[C@H](OC)C2)CC(=O)[C@H](C)/C=C(\C)[C@@H](O[Si](C)(C)C)[C@@H](OC)C(=O)[C@H](C)C[C@H](C)/C=C/C=C/C=C/1C. The van der Waals surface area contributed by atoms with Gasteiger partial charge in [-0.3, -0.25) is 19.2 Å². The minimum absolute atomic E-state index is 0.00439. The average Bonchev–Trinajstić information content (AvgIpc) is 3.80. The van der Waals surface area contributed by atoms with Crippen LogP contribution in [0, 0.1) is 35.5 Å². The van der Waals surface area contributed by atoms with Crippen molar-refractivity contribution in [2.24, 2.45) is 35.5 Å². The van der Waals surface area contributed by atoms with Gasteiger partial charge in [0.2, 0.25) is 5.79 Å². The second-order valence-electron chi connectivity index (χ2n) is 23.6. The van der Waals surface area contributed by atoms with Crippen LogP contribution in [0.25, 0.3) is 0 Å². The Kier molecular flexibility index (Phi) is 23.3. The number of nitrogens with zero attached hydrogens (tertiary/aromatic N) is 1. The zero-order valence-electron chi connectivity index (χ0n) is 46.8. The van der Waals surface area contributed by atoms with E-state index in [4.69, 9.17) is 32.5 Å². The minimum atomic E-state index is -2.41. The fourth-order valence-corrected chi connectivity index (χ4v) is 13.3. The van der Waals surface area contributed by atoms with Gasteiger partial charge in [0.05, 0.1) is 30.5 Å². The molecule has 16 heteroatoms. The summed E-state index contributed by atoms with van der Waals surface area (Å²) in [6.07, 6.45) is 13.6. The maximum absolute atomic E-state index is 14.5. The van der Waals surface area contributed by atoms with Gasteiger partial charge in [0.25, 0.3) is 11.7 Å². The molecular weight excluding hydrogens is 951 g/mol. The van der Waals surface area contributed by atoms with Crippen LogP contribution in [0.5, 0.6) is 0 Å². The molecule has 4 aliphatic rings. The number of aliphatic hydroxyl groups is 1. The van der Waals surface area contributed by atoms with E-state index in [2.05, 4.69) is 52.3 Å². The lowest BCUT2D eigenvalue weighted by Gasteiger charge is -2.41. The number of allylic oxidation sites excluding steroid dienone is 6. The van der Waals surface area contributed by atoms with E-state index in [1.807, 2.05) is 58.1 Å². The number of carbonyl (C=O) groups is 5. The van der Waals surface area contributed by atoms with Gasteiger partial charge in [-0.05, 0) is 140 Å². The third kappa shape index (κ3) is 17.3. The highest BCUT2D eigenvalue weighted by Gasteiger charge is 2.53. The smallest absolute Gasteiger partial charge is 0.329 e. The highest BCUT2D eigenvalue weighted by molar-refractivity contribution is 6.70. The van der Waals surface area contributed by atoms with Gasteiger partial charge in [0.1, 0.15) is 24.0 Å². The van der Waals surface area contributed by atoms with Crippen LogP contribution in [0.4, 0.5) is 0 Å². The van der Waals surface area contributed by atoms with Crippen LogP contribution in [-0.4, -0.2) is 138 Å². The molecule has 1 aliphatic carbocycles. The maximum atomic E-state index is 14.5. The zero-order valence-corrected chi connectivity index (χ0v) is 48.8. The minimum Gasteiger partial charge on any atom is -0.460 e. The Hall–Kier alpha value is -2.94. The van der Waals surface area contributed by atoms with E-state index in [-0.39, 0.29) is 66.8 Å². The number of amides is 1.